The summed E-state index contributed by atoms with van der Waals surface area (Å²) in [7, 11) is 0. The fraction of sp³-hybridized carbons (Fsp3) is 0.158. The molecule has 3 aromatic heterocycles. The normalized spacial score (nSPS) is 10.9. The monoisotopic (exact) mass is 410 g/mol. The summed E-state index contributed by atoms with van der Waals surface area (Å²) in [4.78, 5) is 33.1. The van der Waals surface area contributed by atoms with Crippen LogP contribution in [0, 0.1) is 12.7 Å². The van der Waals surface area contributed by atoms with E-state index in [2.05, 4.69) is 25.5 Å². The number of nitrogens with zero attached hydrogens (tertiary/aromatic N) is 5. The molecule has 0 radical (unpaired) electrons. The van der Waals surface area contributed by atoms with Crippen molar-refractivity contribution >= 4 is 17.5 Å². The van der Waals surface area contributed by atoms with E-state index in [0.29, 0.717) is 11.3 Å². The molecular formula is C19H15FN6O4. The minimum absolute atomic E-state index is 0.00281. The number of aromatic nitrogens is 5. The number of halogens is 1. The molecule has 0 unspecified atom stereocenters. The molecule has 4 rings (SSSR count). The molecule has 0 fully saturated rings. The zero-order chi connectivity index (χ0) is 21.3. The standard InChI is InChI=1S/C19H15FN6O4/c1-10(27)19-21-7-14(30-19)9-26-22-8-15(25-26)24-18(28)16-17(29-11(2)23-16)12-4-3-5-13(20)6-12/h3-8H,9H2,1-2H3,(H,24,25,28). The maximum Gasteiger partial charge on any atom is 0.279 e. The van der Waals surface area contributed by atoms with E-state index >= 15 is 0 Å². The summed E-state index contributed by atoms with van der Waals surface area (Å²) in [6.07, 6.45) is 2.75. The highest BCUT2D eigenvalue weighted by Crippen LogP contribution is 2.26. The van der Waals surface area contributed by atoms with Gasteiger partial charge in [0.1, 0.15) is 18.1 Å². The fourth-order valence-corrected chi connectivity index (χ4v) is 2.70. The van der Waals surface area contributed by atoms with Gasteiger partial charge < -0.3 is 14.2 Å². The van der Waals surface area contributed by atoms with Gasteiger partial charge in [0.05, 0.1) is 12.4 Å². The van der Waals surface area contributed by atoms with Gasteiger partial charge in [-0.2, -0.15) is 9.90 Å². The summed E-state index contributed by atoms with van der Waals surface area (Å²) < 4.78 is 24.3. The topological polar surface area (TPSA) is 129 Å². The summed E-state index contributed by atoms with van der Waals surface area (Å²) in [5.74, 6) is -0.388. The van der Waals surface area contributed by atoms with Crippen molar-refractivity contribution in [3.8, 4) is 11.3 Å². The molecule has 0 bridgehead atoms. The van der Waals surface area contributed by atoms with E-state index in [1.54, 1.807) is 13.0 Å². The predicted octanol–water partition coefficient (Wildman–Crippen LogP) is 2.87. The van der Waals surface area contributed by atoms with Gasteiger partial charge in [-0.15, -0.1) is 5.10 Å². The average Bonchev–Trinajstić information content (AvgIpc) is 3.42. The number of benzene rings is 1. The molecule has 11 heteroatoms. The quantitative estimate of drug-likeness (QED) is 0.481. The number of Topliss-reactive ketones (excluding diaryl/α,β-unsaturated/α-hetero) is 1. The minimum Gasteiger partial charge on any atom is -0.440 e. The summed E-state index contributed by atoms with van der Waals surface area (Å²) in [6, 6.07) is 5.66. The molecule has 0 aliphatic carbocycles. The molecule has 1 aromatic carbocycles. The number of ketones is 1. The lowest BCUT2D eigenvalue weighted by Crippen LogP contribution is -2.14. The molecular weight excluding hydrogens is 395 g/mol. The maximum atomic E-state index is 13.6. The molecule has 152 valence electrons. The molecule has 4 aromatic rings. The molecule has 0 aliphatic heterocycles. The van der Waals surface area contributed by atoms with Gasteiger partial charge in [-0.3, -0.25) is 9.59 Å². The van der Waals surface area contributed by atoms with Crippen molar-refractivity contribution < 1.29 is 22.8 Å². The lowest BCUT2D eigenvalue weighted by atomic mass is 10.1. The number of aryl methyl sites for hydroxylation is 1. The van der Waals surface area contributed by atoms with Crippen LogP contribution < -0.4 is 5.32 Å². The van der Waals surface area contributed by atoms with Gasteiger partial charge in [-0.25, -0.2) is 14.4 Å². The Kier molecular flexibility index (Phi) is 4.92. The first-order valence-corrected chi connectivity index (χ1v) is 8.79. The third-order valence-electron chi connectivity index (χ3n) is 3.97. The van der Waals surface area contributed by atoms with E-state index in [-0.39, 0.29) is 41.4 Å². The number of carbonyl (C=O) groups is 2. The van der Waals surface area contributed by atoms with Gasteiger partial charge in [0.2, 0.25) is 5.78 Å². The van der Waals surface area contributed by atoms with Gasteiger partial charge in [-0.1, -0.05) is 12.1 Å². The van der Waals surface area contributed by atoms with Gasteiger partial charge in [0, 0.05) is 19.4 Å². The van der Waals surface area contributed by atoms with Crippen LogP contribution in [-0.4, -0.2) is 36.7 Å². The Morgan fingerprint density at radius 1 is 1.23 bits per heavy atom. The Balaban J connectivity index is 1.50. The molecule has 0 saturated carbocycles. The molecule has 1 N–H and O–H groups in total. The lowest BCUT2D eigenvalue weighted by Gasteiger charge is -2.02. The molecule has 0 saturated heterocycles. The highest BCUT2D eigenvalue weighted by Gasteiger charge is 2.21. The predicted molar refractivity (Wildman–Crippen MR) is 100 cm³/mol. The zero-order valence-corrected chi connectivity index (χ0v) is 15.9. The number of oxazole rings is 2. The molecule has 1 amide bonds. The summed E-state index contributed by atoms with van der Waals surface area (Å²) in [5.41, 5.74) is 0.380. The molecule has 3 heterocycles. The van der Waals surface area contributed by atoms with Crippen molar-refractivity contribution in [1.29, 1.82) is 0 Å². The second kappa shape index (κ2) is 7.70. The van der Waals surface area contributed by atoms with E-state index in [1.807, 2.05) is 0 Å². The molecule has 0 spiro atoms. The third-order valence-corrected chi connectivity index (χ3v) is 3.97. The number of hydrogen-bond acceptors (Lipinski definition) is 8. The van der Waals surface area contributed by atoms with Gasteiger partial charge in [0.25, 0.3) is 11.8 Å². The lowest BCUT2D eigenvalue weighted by molar-refractivity contribution is 0.0977. The Hall–Kier alpha value is -4.15. The van der Waals surface area contributed by atoms with E-state index in [4.69, 9.17) is 8.83 Å². The van der Waals surface area contributed by atoms with E-state index in [9.17, 15) is 14.0 Å². The van der Waals surface area contributed by atoms with Crippen LogP contribution in [0.15, 0.2) is 45.5 Å². The molecule has 30 heavy (non-hydrogen) atoms. The molecule has 0 atom stereocenters. The molecule has 0 aliphatic rings. The largest absolute Gasteiger partial charge is 0.440 e. The number of rotatable bonds is 6. The number of hydrogen-bond donors (Lipinski definition) is 1. The number of anilines is 1. The van der Waals surface area contributed by atoms with Crippen LogP contribution >= 0.6 is 0 Å². The third kappa shape index (κ3) is 3.99. The van der Waals surface area contributed by atoms with E-state index in [0.717, 1.165) is 0 Å². The number of carbonyl (C=O) groups excluding carboxylic acids is 2. The van der Waals surface area contributed by atoms with Crippen molar-refractivity contribution in [3.05, 3.63) is 65.7 Å². The van der Waals surface area contributed by atoms with Crippen LogP contribution in [0.1, 0.15) is 39.7 Å². The first-order valence-electron chi connectivity index (χ1n) is 8.79. The Bertz CT molecular complexity index is 1240. The summed E-state index contributed by atoms with van der Waals surface area (Å²) in [5, 5.41) is 10.7. The second-order valence-corrected chi connectivity index (χ2v) is 6.32. The SMILES string of the molecule is CC(=O)c1ncc(Cn2ncc(NC(=O)c3nc(C)oc3-c3cccc(F)c3)n2)o1. The Morgan fingerprint density at radius 2 is 2.07 bits per heavy atom. The van der Waals surface area contributed by atoms with Crippen molar-refractivity contribution in [1.82, 2.24) is 25.0 Å². The van der Waals surface area contributed by atoms with Gasteiger partial charge in [0.15, 0.2) is 23.2 Å². The summed E-state index contributed by atoms with van der Waals surface area (Å²) >= 11 is 0. The Labute approximate surface area is 168 Å². The van der Waals surface area contributed by atoms with E-state index < -0.39 is 11.7 Å². The van der Waals surface area contributed by atoms with Crippen LogP contribution in [-0.2, 0) is 6.54 Å². The van der Waals surface area contributed by atoms with Crippen LogP contribution in [0.5, 0.6) is 0 Å². The van der Waals surface area contributed by atoms with Crippen molar-refractivity contribution in [2.45, 2.75) is 20.4 Å². The Morgan fingerprint density at radius 3 is 2.80 bits per heavy atom. The first-order chi connectivity index (χ1) is 14.4. The van der Waals surface area contributed by atoms with Crippen LogP contribution in [0.4, 0.5) is 10.2 Å². The van der Waals surface area contributed by atoms with Gasteiger partial charge >= 0.3 is 0 Å². The smallest absolute Gasteiger partial charge is 0.279 e. The highest BCUT2D eigenvalue weighted by molar-refractivity contribution is 6.05. The highest BCUT2D eigenvalue weighted by atomic mass is 19.1. The number of amides is 1. The van der Waals surface area contributed by atoms with Crippen molar-refractivity contribution in [2.75, 3.05) is 5.32 Å². The minimum atomic E-state index is -0.586. The van der Waals surface area contributed by atoms with Crippen molar-refractivity contribution in [3.63, 3.8) is 0 Å². The van der Waals surface area contributed by atoms with Gasteiger partial charge in [-0.05, 0) is 12.1 Å². The van der Waals surface area contributed by atoms with Crippen molar-refractivity contribution in [2.24, 2.45) is 0 Å². The fourth-order valence-electron chi connectivity index (χ4n) is 2.70. The van der Waals surface area contributed by atoms with Crippen LogP contribution in [0.3, 0.4) is 0 Å². The molecule has 10 nitrogen and oxygen atoms in total. The first kappa shape index (κ1) is 19.2. The summed E-state index contributed by atoms with van der Waals surface area (Å²) in [6.45, 7) is 3.05. The maximum absolute atomic E-state index is 13.6. The van der Waals surface area contributed by atoms with Crippen LogP contribution in [0.25, 0.3) is 11.3 Å². The average molecular weight is 410 g/mol. The second-order valence-electron chi connectivity index (χ2n) is 6.32. The number of nitrogens with one attached hydrogen (secondary N) is 1. The van der Waals surface area contributed by atoms with Crippen LogP contribution in [0.2, 0.25) is 0 Å². The van der Waals surface area contributed by atoms with E-state index in [1.165, 1.54) is 42.3 Å². The zero-order valence-electron chi connectivity index (χ0n) is 15.9.